The maximum atomic E-state index is 12.8. The molecule has 0 unspecified atom stereocenters. The molecule has 1 aliphatic rings. The van der Waals surface area contributed by atoms with E-state index in [9.17, 15) is 8.42 Å². The van der Waals surface area contributed by atoms with E-state index in [0.717, 1.165) is 31.2 Å². The summed E-state index contributed by atoms with van der Waals surface area (Å²) in [6.45, 7) is 2.92. The highest BCUT2D eigenvalue weighted by atomic mass is 32.2. The molecular formula is C19H30N4O3S2. The first-order valence-corrected chi connectivity index (χ1v) is 11.5. The summed E-state index contributed by atoms with van der Waals surface area (Å²) in [5.74, 6) is 0. The molecule has 9 heteroatoms. The van der Waals surface area contributed by atoms with E-state index in [-0.39, 0.29) is 10.9 Å². The van der Waals surface area contributed by atoms with Crippen molar-refractivity contribution in [1.82, 2.24) is 15.5 Å². The van der Waals surface area contributed by atoms with Gasteiger partial charge in [0.1, 0.15) is 0 Å². The van der Waals surface area contributed by atoms with E-state index in [4.69, 9.17) is 17.0 Å². The number of methoxy groups -OCH3 is 1. The minimum absolute atomic E-state index is 0.0168. The minimum Gasteiger partial charge on any atom is -0.383 e. The molecule has 0 saturated heterocycles. The van der Waals surface area contributed by atoms with Crippen molar-refractivity contribution in [2.45, 2.75) is 56.4 Å². The molecule has 3 N–H and O–H groups in total. The third-order valence-electron chi connectivity index (χ3n) is 4.66. The fourth-order valence-electron chi connectivity index (χ4n) is 3.08. The molecule has 0 heterocycles. The molecule has 1 aliphatic carbocycles. The number of nitrogens with one attached hydrogen (secondary N) is 3. The quantitative estimate of drug-likeness (QED) is 0.195. The molecule has 1 fully saturated rings. The number of benzene rings is 1. The lowest BCUT2D eigenvalue weighted by molar-refractivity contribution is 0.204. The van der Waals surface area contributed by atoms with Crippen molar-refractivity contribution in [3.05, 3.63) is 29.8 Å². The van der Waals surface area contributed by atoms with Crippen LogP contribution >= 0.6 is 12.2 Å². The Hall–Kier alpha value is -1.55. The minimum atomic E-state index is -3.56. The van der Waals surface area contributed by atoms with Crippen molar-refractivity contribution in [1.29, 1.82) is 0 Å². The van der Waals surface area contributed by atoms with Gasteiger partial charge < -0.3 is 10.1 Å². The predicted molar refractivity (Wildman–Crippen MR) is 116 cm³/mol. The largest absolute Gasteiger partial charge is 0.383 e. The molecule has 0 bridgehead atoms. The Morgan fingerprint density at radius 1 is 1.25 bits per heavy atom. The van der Waals surface area contributed by atoms with Crippen molar-refractivity contribution < 1.29 is 13.2 Å². The monoisotopic (exact) mass is 426 g/mol. The molecule has 0 spiro atoms. The number of hydrogen-bond donors (Lipinski definition) is 3. The molecule has 7 nitrogen and oxygen atoms in total. The highest BCUT2D eigenvalue weighted by Crippen LogP contribution is 2.20. The average Bonchev–Trinajstić information content (AvgIpc) is 2.94. The van der Waals surface area contributed by atoms with E-state index in [1.54, 1.807) is 32.2 Å². The molecule has 0 aliphatic heterocycles. The maximum absolute atomic E-state index is 12.8. The van der Waals surface area contributed by atoms with Gasteiger partial charge in [-0.3, -0.25) is 5.43 Å². The third kappa shape index (κ3) is 7.46. The molecule has 28 heavy (non-hydrogen) atoms. The van der Waals surface area contributed by atoms with Crippen molar-refractivity contribution in [2.75, 3.05) is 20.3 Å². The Bertz CT molecular complexity index is 773. The van der Waals surface area contributed by atoms with Crippen LogP contribution in [0.1, 0.15) is 51.0 Å². The van der Waals surface area contributed by atoms with Gasteiger partial charge in [-0.2, -0.15) is 5.10 Å². The molecule has 0 aromatic heterocycles. The standard InChI is InChI=1S/C19H30N4O3S2/c1-15(21-22-19(27)20-12-13-26-2)16-8-7-11-18(14-16)28(24,25)23-17-9-5-3-4-6-10-17/h7-8,11,14,17,23H,3-6,9-10,12-13H2,1-2H3,(H2,20,22,27)/b21-15-. The number of hydrazone groups is 1. The van der Waals surface area contributed by atoms with Crippen molar-refractivity contribution in [2.24, 2.45) is 5.10 Å². The Morgan fingerprint density at radius 3 is 2.64 bits per heavy atom. The fourth-order valence-corrected chi connectivity index (χ4v) is 4.58. The molecule has 0 amide bonds. The van der Waals surface area contributed by atoms with Crippen molar-refractivity contribution in [3.8, 4) is 0 Å². The summed E-state index contributed by atoms with van der Waals surface area (Å²) in [4.78, 5) is 0.254. The van der Waals surface area contributed by atoms with Crippen molar-refractivity contribution >= 4 is 33.1 Å². The van der Waals surface area contributed by atoms with Crippen LogP contribution in [0.2, 0.25) is 0 Å². The Labute approximate surface area is 173 Å². The molecule has 2 rings (SSSR count). The third-order valence-corrected chi connectivity index (χ3v) is 6.41. The molecule has 1 aromatic rings. The highest BCUT2D eigenvalue weighted by Gasteiger charge is 2.21. The summed E-state index contributed by atoms with van der Waals surface area (Å²) < 4.78 is 33.4. The van der Waals surface area contributed by atoms with Gasteiger partial charge >= 0.3 is 0 Å². The van der Waals surface area contributed by atoms with E-state index in [1.165, 1.54) is 12.8 Å². The number of hydrogen-bond acceptors (Lipinski definition) is 5. The van der Waals surface area contributed by atoms with E-state index in [1.807, 2.05) is 6.07 Å². The second-order valence-electron chi connectivity index (χ2n) is 6.90. The first-order chi connectivity index (χ1) is 13.4. The molecule has 0 radical (unpaired) electrons. The van der Waals surface area contributed by atoms with Crippen LogP contribution in [-0.2, 0) is 14.8 Å². The van der Waals surface area contributed by atoms with E-state index in [2.05, 4.69) is 20.6 Å². The molecular weight excluding hydrogens is 396 g/mol. The lowest BCUT2D eigenvalue weighted by atomic mass is 10.1. The lowest BCUT2D eigenvalue weighted by Gasteiger charge is -2.16. The van der Waals surface area contributed by atoms with Crippen LogP contribution in [0.4, 0.5) is 0 Å². The van der Waals surface area contributed by atoms with E-state index >= 15 is 0 Å². The zero-order valence-corrected chi connectivity index (χ0v) is 18.2. The summed E-state index contributed by atoms with van der Waals surface area (Å²) in [6, 6.07) is 6.82. The average molecular weight is 427 g/mol. The highest BCUT2D eigenvalue weighted by molar-refractivity contribution is 7.89. The zero-order valence-electron chi connectivity index (χ0n) is 16.5. The van der Waals surface area contributed by atoms with E-state index in [0.29, 0.717) is 24.0 Å². The van der Waals surface area contributed by atoms with Crippen LogP contribution in [0.3, 0.4) is 0 Å². The maximum Gasteiger partial charge on any atom is 0.240 e. The molecule has 1 aromatic carbocycles. The Kier molecular flexibility index (Phi) is 9.30. The second-order valence-corrected chi connectivity index (χ2v) is 9.02. The predicted octanol–water partition coefficient (Wildman–Crippen LogP) is 2.52. The number of sulfonamides is 1. The first kappa shape index (κ1) is 22.7. The SMILES string of the molecule is COCCNC(=S)N/N=C(/C)c1cccc(S(=O)(=O)NC2CCCCCC2)c1. The van der Waals surface area contributed by atoms with Gasteiger partial charge in [-0.1, -0.05) is 37.8 Å². The Balaban J connectivity index is 2.03. The van der Waals surface area contributed by atoms with Gasteiger partial charge in [0.05, 0.1) is 17.2 Å². The second kappa shape index (κ2) is 11.5. The van der Waals surface area contributed by atoms with Crippen molar-refractivity contribution in [3.63, 3.8) is 0 Å². The zero-order chi connectivity index (χ0) is 20.4. The summed E-state index contributed by atoms with van der Waals surface area (Å²) in [7, 11) is -1.94. The van der Waals surface area contributed by atoms with Crippen LogP contribution in [0, 0.1) is 0 Å². The van der Waals surface area contributed by atoms with Crippen LogP contribution in [0.5, 0.6) is 0 Å². The van der Waals surface area contributed by atoms with Gasteiger partial charge in [-0.05, 0) is 49.7 Å². The van der Waals surface area contributed by atoms with Crippen LogP contribution in [-0.4, -0.2) is 45.5 Å². The summed E-state index contributed by atoms with van der Waals surface area (Å²) >= 11 is 5.13. The smallest absolute Gasteiger partial charge is 0.240 e. The number of nitrogens with zero attached hydrogens (tertiary/aromatic N) is 1. The number of rotatable bonds is 8. The molecule has 0 atom stereocenters. The normalized spacial score (nSPS) is 16.4. The van der Waals surface area contributed by atoms with E-state index < -0.39 is 10.0 Å². The van der Waals surface area contributed by atoms with Crippen LogP contribution in [0.15, 0.2) is 34.3 Å². The summed E-state index contributed by atoms with van der Waals surface area (Å²) in [5.41, 5.74) is 4.12. The van der Waals surface area contributed by atoms with Gasteiger partial charge in [0, 0.05) is 19.7 Å². The van der Waals surface area contributed by atoms with Gasteiger partial charge in [-0.15, -0.1) is 0 Å². The lowest BCUT2D eigenvalue weighted by Crippen LogP contribution is -2.35. The van der Waals surface area contributed by atoms with Crippen LogP contribution < -0.4 is 15.5 Å². The number of ether oxygens (including phenoxy) is 1. The Morgan fingerprint density at radius 2 is 1.96 bits per heavy atom. The molecule has 156 valence electrons. The fraction of sp³-hybridized carbons (Fsp3) is 0.579. The number of thiocarbonyl (C=S) groups is 1. The van der Waals surface area contributed by atoms with Gasteiger partial charge in [0.15, 0.2) is 5.11 Å². The summed E-state index contributed by atoms with van der Waals surface area (Å²) in [6.07, 6.45) is 6.30. The van der Waals surface area contributed by atoms with Gasteiger partial charge in [-0.25, -0.2) is 13.1 Å². The van der Waals surface area contributed by atoms with Gasteiger partial charge in [0.25, 0.3) is 0 Å². The first-order valence-electron chi connectivity index (χ1n) is 9.62. The van der Waals surface area contributed by atoms with Crippen LogP contribution in [0.25, 0.3) is 0 Å². The topological polar surface area (TPSA) is 91.8 Å². The molecule has 1 saturated carbocycles. The summed E-state index contributed by atoms with van der Waals surface area (Å²) in [5, 5.41) is 7.57. The van der Waals surface area contributed by atoms with Gasteiger partial charge in [0.2, 0.25) is 10.0 Å².